The van der Waals surface area contributed by atoms with E-state index in [9.17, 15) is 9.59 Å². The molecule has 1 amide bonds. The van der Waals surface area contributed by atoms with Crippen LogP contribution in [0.15, 0.2) is 4.99 Å². The van der Waals surface area contributed by atoms with E-state index in [1.807, 2.05) is 0 Å². The van der Waals surface area contributed by atoms with Gasteiger partial charge < -0.3 is 26.5 Å². The summed E-state index contributed by atoms with van der Waals surface area (Å²) in [5.41, 5.74) is 9.81. The first-order chi connectivity index (χ1) is 14.5. The third kappa shape index (κ3) is 13.0. The van der Waals surface area contributed by atoms with Crippen LogP contribution in [-0.4, -0.2) is 63.2 Å². The average molecular weight is 426 g/mol. The molecule has 2 aliphatic carbocycles. The predicted molar refractivity (Wildman–Crippen MR) is 127 cm³/mol. The summed E-state index contributed by atoms with van der Waals surface area (Å²) < 4.78 is 0. The molecule has 0 aromatic heterocycles. The number of amides is 1. The van der Waals surface area contributed by atoms with Crippen LogP contribution < -0.4 is 16.8 Å². The number of aldehydes is 1. The highest BCUT2D eigenvalue weighted by Crippen LogP contribution is 2.28. The number of rotatable bonds is 8. The number of likely N-dealkylation sites (N-methyl/N-ethyl adjacent to an activating group) is 1. The maximum absolute atomic E-state index is 11.9. The second-order valence-electron chi connectivity index (χ2n) is 8.67. The normalized spacial score (nSPS) is 22.8. The lowest BCUT2D eigenvalue weighted by atomic mass is 9.85. The second kappa shape index (κ2) is 18.3. The summed E-state index contributed by atoms with van der Waals surface area (Å²) in [6.45, 7) is 2.81. The molecule has 2 saturated carbocycles. The molecule has 0 heterocycles. The van der Waals surface area contributed by atoms with Gasteiger partial charge in [0.15, 0.2) is 0 Å². The Morgan fingerprint density at radius 3 is 2.33 bits per heavy atom. The zero-order valence-electron chi connectivity index (χ0n) is 19.8. The van der Waals surface area contributed by atoms with Gasteiger partial charge in [-0.3, -0.25) is 9.79 Å². The zero-order valence-corrected chi connectivity index (χ0v) is 19.8. The first-order valence-electron chi connectivity index (χ1n) is 11.7. The average Bonchev–Trinajstić information content (AvgIpc) is 2.77. The van der Waals surface area contributed by atoms with E-state index in [4.69, 9.17) is 5.73 Å². The summed E-state index contributed by atoms with van der Waals surface area (Å²) in [6.07, 6.45) is 16.0. The van der Waals surface area contributed by atoms with E-state index in [-0.39, 0.29) is 11.9 Å². The van der Waals surface area contributed by atoms with Crippen LogP contribution in [0.4, 0.5) is 0 Å². The number of aliphatic imine (C=N–C) groups is 1. The van der Waals surface area contributed by atoms with Crippen LogP contribution in [0.25, 0.3) is 0 Å². The molecule has 2 fully saturated rings. The number of nitrogens with zero attached hydrogens (tertiary/aromatic N) is 2. The third-order valence-corrected chi connectivity index (χ3v) is 5.99. The highest BCUT2D eigenvalue weighted by atomic mass is 16.2. The van der Waals surface area contributed by atoms with Gasteiger partial charge in [-0.1, -0.05) is 51.9 Å². The minimum absolute atomic E-state index is 0.0579. The molecule has 2 aliphatic rings. The predicted octanol–water partition coefficient (Wildman–Crippen LogP) is 2.72. The molecule has 5 N–H and O–H groups in total. The molecule has 30 heavy (non-hydrogen) atoms. The Morgan fingerprint density at radius 2 is 1.80 bits per heavy atom. The Kier molecular flexibility index (Phi) is 17.4. The van der Waals surface area contributed by atoms with E-state index in [1.54, 1.807) is 19.0 Å². The van der Waals surface area contributed by atoms with Gasteiger partial charge >= 0.3 is 0 Å². The Morgan fingerprint density at radius 1 is 1.13 bits per heavy atom. The lowest BCUT2D eigenvalue weighted by molar-refractivity contribution is -0.130. The molecule has 0 saturated heterocycles. The maximum Gasteiger partial charge on any atom is 0.246 e. The largest absolute Gasteiger partial charge is 0.390 e. The van der Waals surface area contributed by atoms with E-state index in [0.717, 1.165) is 31.0 Å². The van der Waals surface area contributed by atoms with Crippen molar-refractivity contribution in [2.24, 2.45) is 28.3 Å². The van der Waals surface area contributed by atoms with Crippen molar-refractivity contribution >= 4 is 18.5 Å². The van der Waals surface area contributed by atoms with Crippen LogP contribution in [-0.2, 0) is 9.59 Å². The molecule has 7 heteroatoms. The Balaban J connectivity index is 0.000000557. The van der Waals surface area contributed by atoms with Crippen LogP contribution in [0.5, 0.6) is 0 Å². The van der Waals surface area contributed by atoms with Crippen LogP contribution in [0.2, 0.25) is 0 Å². The lowest BCUT2D eigenvalue weighted by Crippen LogP contribution is -2.34. The molecule has 7 nitrogen and oxygen atoms in total. The summed E-state index contributed by atoms with van der Waals surface area (Å²) in [6, 6.07) is 0.320. The van der Waals surface area contributed by atoms with Gasteiger partial charge in [0.05, 0.1) is 12.9 Å². The summed E-state index contributed by atoms with van der Waals surface area (Å²) in [5, 5.41) is 3.23. The van der Waals surface area contributed by atoms with Crippen molar-refractivity contribution in [3.63, 3.8) is 0 Å². The minimum atomic E-state index is -0.281. The van der Waals surface area contributed by atoms with Gasteiger partial charge in [-0.2, -0.15) is 0 Å². The maximum atomic E-state index is 11.9. The van der Waals surface area contributed by atoms with Gasteiger partial charge in [-0.05, 0) is 44.6 Å². The molecule has 176 valence electrons. The van der Waals surface area contributed by atoms with Crippen molar-refractivity contribution < 1.29 is 9.59 Å². The van der Waals surface area contributed by atoms with E-state index in [2.05, 4.69) is 23.0 Å². The Bertz CT molecular complexity index is 465. The molecular formula is C23H47N5O2. The molecule has 2 rings (SSSR count). The highest BCUT2D eigenvalue weighted by molar-refractivity contribution is 5.82. The quantitative estimate of drug-likeness (QED) is 0.314. The second-order valence-corrected chi connectivity index (χ2v) is 8.67. The molecule has 3 unspecified atom stereocenters. The molecule has 0 aliphatic heterocycles. The fraction of sp³-hybridized carbons (Fsp3) is 0.870. The van der Waals surface area contributed by atoms with Crippen LogP contribution in [0.3, 0.4) is 0 Å². The highest BCUT2D eigenvalue weighted by Gasteiger charge is 2.21. The number of nitrogens with one attached hydrogen (secondary N) is 1. The molecule has 0 aromatic carbocycles. The number of nitrogens with two attached hydrogens (primary N) is 2. The van der Waals surface area contributed by atoms with Crippen molar-refractivity contribution in [3.05, 3.63) is 0 Å². The fourth-order valence-corrected chi connectivity index (χ4v) is 4.37. The van der Waals surface area contributed by atoms with Gasteiger partial charge in [0.25, 0.3) is 0 Å². The Hall–Kier alpha value is -1.47. The van der Waals surface area contributed by atoms with E-state index >= 15 is 0 Å². The number of carbonyl (C=O) groups excluding carboxylic acids is 2. The van der Waals surface area contributed by atoms with Crippen LogP contribution >= 0.6 is 0 Å². The number of carbonyl (C=O) groups is 2. The molecule has 0 bridgehead atoms. The fourth-order valence-electron chi connectivity index (χ4n) is 4.37. The lowest BCUT2D eigenvalue weighted by Gasteiger charge is -2.26. The van der Waals surface area contributed by atoms with Crippen molar-refractivity contribution in [3.8, 4) is 0 Å². The van der Waals surface area contributed by atoms with Gasteiger partial charge in [-0.25, -0.2) is 0 Å². The zero-order chi connectivity index (χ0) is 22.8. The van der Waals surface area contributed by atoms with Gasteiger partial charge in [0, 0.05) is 20.1 Å². The molecule has 3 atom stereocenters. The smallest absolute Gasteiger partial charge is 0.246 e. The summed E-state index contributed by atoms with van der Waals surface area (Å²) in [5.74, 6) is 1.68. The number of hydrogen-bond donors (Lipinski definition) is 3. The number of hydrogen-bond acceptors (Lipinski definition) is 5. The van der Waals surface area contributed by atoms with E-state index < -0.39 is 0 Å². The first-order valence-corrected chi connectivity index (χ1v) is 11.7. The SMILES string of the molecule is CC1CCCC(NCC=O)C1.CN.CN(C)C(=O)C(CCC1CCCCC1)N=CN. The third-order valence-electron chi connectivity index (χ3n) is 5.99. The molecule has 0 spiro atoms. The van der Waals surface area contributed by atoms with E-state index in [0.29, 0.717) is 12.6 Å². The molecule has 0 aromatic rings. The van der Waals surface area contributed by atoms with Crippen molar-refractivity contribution in [1.29, 1.82) is 0 Å². The van der Waals surface area contributed by atoms with Crippen molar-refractivity contribution in [2.45, 2.75) is 89.6 Å². The summed E-state index contributed by atoms with van der Waals surface area (Å²) in [4.78, 5) is 27.6. The Labute approximate surface area is 184 Å². The van der Waals surface area contributed by atoms with E-state index in [1.165, 1.54) is 71.2 Å². The van der Waals surface area contributed by atoms with Crippen LogP contribution in [0, 0.1) is 11.8 Å². The minimum Gasteiger partial charge on any atom is -0.390 e. The molecule has 0 radical (unpaired) electrons. The monoisotopic (exact) mass is 425 g/mol. The standard InChI is InChI=1S/C13H25N3O.C9H17NO.CH5N/c1-16(2)13(17)12(15-10-14)9-8-11-6-4-3-5-7-11;1-8-3-2-4-9(7-8)10-5-6-11;1-2/h10-12H,3-9H2,1-2H3,(H2,14,15);6,8-10H,2-5,7H2,1H3;2H2,1H3. The van der Waals surface area contributed by atoms with Crippen molar-refractivity contribution in [1.82, 2.24) is 10.2 Å². The summed E-state index contributed by atoms with van der Waals surface area (Å²) in [7, 11) is 5.03. The first kappa shape index (κ1) is 28.5. The molecular weight excluding hydrogens is 378 g/mol. The van der Waals surface area contributed by atoms with Gasteiger partial charge in [0.2, 0.25) is 5.91 Å². The van der Waals surface area contributed by atoms with Gasteiger partial charge in [0.1, 0.15) is 12.3 Å². The summed E-state index contributed by atoms with van der Waals surface area (Å²) >= 11 is 0. The topological polar surface area (TPSA) is 114 Å². The van der Waals surface area contributed by atoms with Crippen LogP contribution in [0.1, 0.15) is 77.6 Å². The van der Waals surface area contributed by atoms with Gasteiger partial charge in [-0.15, -0.1) is 0 Å². The van der Waals surface area contributed by atoms with Crippen molar-refractivity contribution in [2.75, 3.05) is 27.7 Å².